The number of nitrogens with one attached hydrogen (secondary N) is 2. The van der Waals surface area contributed by atoms with Gasteiger partial charge in [-0.1, -0.05) is 30.3 Å². The van der Waals surface area contributed by atoms with Crippen molar-refractivity contribution >= 4 is 23.5 Å². The average Bonchev–Trinajstić information content (AvgIpc) is 3.17. The molecule has 4 rings (SSSR count). The third-order valence-electron chi connectivity index (χ3n) is 5.96. The quantitative estimate of drug-likeness (QED) is 0.541. The summed E-state index contributed by atoms with van der Waals surface area (Å²) in [5, 5.41) is 16.7. The van der Waals surface area contributed by atoms with Gasteiger partial charge in [-0.05, 0) is 56.8 Å². The number of piperidine rings is 1. The third-order valence-corrected chi connectivity index (χ3v) is 5.96. The number of carbonyl (C=O) groups is 1. The zero-order valence-electron chi connectivity index (χ0n) is 18.6. The van der Waals surface area contributed by atoms with Crippen molar-refractivity contribution in [2.75, 3.05) is 25.5 Å². The highest BCUT2D eigenvalue weighted by atomic mass is 16.3. The lowest BCUT2D eigenvalue weighted by molar-refractivity contribution is -0.0979. The topological polar surface area (TPSA) is 79.2 Å². The molecule has 1 fully saturated rings. The van der Waals surface area contributed by atoms with Crippen molar-refractivity contribution in [2.45, 2.75) is 51.2 Å². The molecule has 0 aliphatic carbocycles. The Balaban J connectivity index is 0.00000132. The minimum Gasteiger partial charge on any atom is -0.393 e. The molecule has 6 heteroatoms. The van der Waals surface area contributed by atoms with E-state index in [9.17, 15) is 5.11 Å². The molecule has 166 valence electrons. The molecule has 1 aliphatic heterocycles. The number of imidazole rings is 1. The highest BCUT2D eigenvalue weighted by Gasteiger charge is 2.23. The molecule has 3 aromatic rings. The van der Waals surface area contributed by atoms with Gasteiger partial charge in [0.2, 0.25) is 0 Å². The van der Waals surface area contributed by atoms with Crippen LogP contribution in [0.4, 0.5) is 5.69 Å². The molecule has 0 radical (unpaired) electrons. The SMILES string of the molecule is C=O.CNc1ccc2c(nc(Cc3ccccc3)n2C2CCCNC2)c1CCC(C)O. The van der Waals surface area contributed by atoms with Gasteiger partial charge in [0, 0.05) is 37.3 Å². The van der Waals surface area contributed by atoms with Gasteiger partial charge < -0.3 is 25.1 Å². The second kappa shape index (κ2) is 11.1. The number of carbonyl (C=O) groups excluding carboxylic acids is 1. The van der Waals surface area contributed by atoms with E-state index >= 15 is 0 Å². The van der Waals surface area contributed by atoms with Gasteiger partial charge >= 0.3 is 0 Å². The molecule has 0 spiro atoms. The zero-order valence-corrected chi connectivity index (χ0v) is 18.6. The van der Waals surface area contributed by atoms with Crippen LogP contribution in [0.15, 0.2) is 42.5 Å². The largest absolute Gasteiger partial charge is 0.393 e. The highest BCUT2D eigenvalue weighted by molar-refractivity contribution is 5.85. The van der Waals surface area contributed by atoms with Crippen molar-refractivity contribution in [3.05, 3.63) is 59.4 Å². The van der Waals surface area contributed by atoms with Gasteiger partial charge in [0.05, 0.1) is 17.1 Å². The first-order valence-electron chi connectivity index (χ1n) is 11.1. The summed E-state index contributed by atoms with van der Waals surface area (Å²) in [5.74, 6) is 1.13. The summed E-state index contributed by atoms with van der Waals surface area (Å²) < 4.78 is 2.47. The number of nitrogens with zero attached hydrogens (tertiary/aromatic N) is 2. The zero-order chi connectivity index (χ0) is 22.2. The molecule has 0 saturated carbocycles. The van der Waals surface area contributed by atoms with E-state index in [2.05, 4.69) is 57.7 Å². The van der Waals surface area contributed by atoms with E-state index < -0.39 is 0 Å². The molecular formula is C25H34N4O2. The van der Waals surface area contributed by atoms with Crippen LogP contribution in [0, 0.1) is 0 Å². The van der Waals surface area contributed by atoms with E-state index in [1.807, 2.05) is 20.8 Å². The maximum atomic E-state index is 9.85. The summed E-state index contributed by atoms with van der Waals surface area (Å²) in [6.07, 6.45) is 4.44. The summed E-state index contributed by atoms with van der Waals surface area (Å²) in [4.78, 5) is 13.2. The minimum absolute atomic E-state index is 0.316. The summed E-state index contributed by atoms with van der Waals surface area (Å²) in [6, 6.07) is 15.4. The number of aliphatic hydroxyl groups is 1. The Bertz CT molecular complexity index is 963. The van der Waals surface area contributed by atoms with Crippen molar-refractivity contribution in [3.63, 3.8) is 0 Å². The monoisotopic (exact) mass is 422 g/mol. The number of aliphatic hydroxyl groups excluding tert-OH is 1. The van der Waals surface area contributed by atoms with Crippen LogP contribution < -0.4 is 10.6 Å². The fraction of sp³-hybridized carbons (Fsp3) is 0.440. The van der Waals surface area contributed by atoms with Crippen LogP contribution in [0.1, 0.15) is 49.2 Å². The number of hydrogen-bond acceptors (Lipinski definition) is 5. The average molecular weight is 423 g/mol. The summed E-state index contributed by atoms with van der Waals surface area (Å²) in [6.45, 7) is 5.94. The van der Waals surface area contributed by atoms with E-state index in [1.165, 1.54) is 29.5 Å². The third kappa shape index (κ3) is 5.32. The highest BCUT2D eigenvalue weighted by Crippen LogP contribution is 2.32. The molecular weight excluding hydrogens is 388 g/mol. The maximum absolute atomic E-state index is 9.85. The Morgan fingerprint density at radius 1 is 1.26 bits per heavy atom. The van der Waals surface area contributed by atoms with Crippen molar-refractivity contribution in [1.29, 1.82) is 0 Å². The van der Waals surface area contributed by atoms with E-state index in [4.69, 9.17) is 9.78 Å². The molecule has 1 aliphatic rings. The number of hydrogen-bond donors (Lipinski definition) is 3. The van der Waals surface area contributed by atoms with Gasteiger partial charge in [0.25, 0.3) is 0 Å². The lowest BCUT2D eigenvalue weighted by Gasteiger charge is -2.26. The molecule has 31 heavy (non-hydrogen) atoms. The number of aromatic nitrogens is 2. The van der Waals surface area contributed by atoms with Crippen LogP contribution in [-0.4, -0.2) is 47.7 Å². The number of aryl methyl sites for hydroxylation is 1. The van der Waals surface area contributed by atoms with Crippen LogP contribution in [0.2, 0.25) is 0 Å². The fourth-order valence-corrected chi connectivity index (χ4v) is 4.47. The van der Waals surface area contributed by atoms with Crippen molar-refractivity contribution in [3.8, 4) is 0 Å². The Hall–Kier alpha value is -2.70. The van der Waals surface area contributed by atoms with E-state index in [0.29, 0.717) is 6.04 Å². The number of benzene rings is 2. The Morgan fingerprint density at radius 2 is 2.03 bits per heavy atom. The van der Waals surface area contributed by atoms with Crippen LogP contribution >= 0.6 is 0 Å². The van der Waals surface area contributed by atoms with Gasteiger partial charge in [-0.25, -0.2) is 4.98 Å². The lowest BCUT2D eigenvalue weighted by Crippen LogP contribution is -2.32. The molecule has 3 N–H and O–H groups in total. The lowest BCUT2D eigenvalue weighted by atomic mass is 10.0. The van der Waals surface area contributed by atoms with E-state index in [1.54, 1.807) is 0 Å². The smallest absolute Gasteiger partial charge is 0.114 e. The van der Waals surface area contributed by atoms with Crippen molar-refractivity contribution in [2.24, 2.45) is 0 Å². The Kier molecular flexibility index (Phi) is 8.20. The van der Waals surface area contributed by atoms with E-state index in [0.717, 1.165) is 49.4 Å². The number of rotatable bonds is 7. The standard InChI is InChI=1S/C24H32N4O.CH2O/c1-17(29)10-11-20-21(25-2)12-13-22-24(20)27-23(15-18-7-4-3-5-8-18)28(22)19-9-6-14-26-16-19;1-2/h3-5,7-8,12-13,17,19,25-26,29H,6,9-11,14-16H2,1-2H3;1H2. The van der Waals surface area contributed by atoms with Crippen LogP contribution in [0.3, 0.4) is 0 Å². The molecule has 1 saturated heterocycles. The van der Waals surface area contributed by atoms with Crippen molar-refractivity contribution < 1.29 is 9.90 Å². The normalized spacial score (nSPS) is 17.1. The molecule has 6 nitrogen and oxygen atoms in total. The van der Waals surface area contributed by atoms with E-state index in [-0.39, 0.29) is 6.10 Å². The van der Waals surface area contributed by atoms with Crippen LogP contribution in [0.25, 0.3) is 11.0 Å². The first-order chi connectivity index (χ1) is 15.2. The Labute approximate surface area is 184 Å². The van der Waals surface area contributed by atoms with Gasteiger partial charge in [-0.3, -0.25) is 0 Å². The first-order valence-corrected chi connectivity index (χ1v) is 11.1. The molecule has 0 amide bonds. The van der Waals surface area contributed by atoms with Crippen molar-refractivity contribution in [1.82, 2.24) is 14.9 Å². The Morgan fingerprint density at radius 3 is 2.68 bits per heavy atom. The van der Waals surface area contributed by atoms with Gasteiger partial charge in [-0.15, -0.1) is 0 Å². The molecule has 2 unspecified atom stereocenters. The number of fused-ring (bicyclic) bond motifs is 1. The molecule has 2 heterocycles. The fourth-order valence-electron chi connectivity index (χ4n) is 4.47. The summed E-state index contributed by atoms with van der Waals surface area (Å²) in [5.41, 5.74) is 5.89. The molecule has 2 atom stereocenters. The summed E-state index contributed by atoms with van der Waals surface area (Å²) in [7, 11) is 1.96. The minimum atomic E-state index is -0.316. The van der Waals surface area contributed by atoms with Crippen LogP contribution in [0.5, 0.6) is 0 Å². The first kappa shape index (κ1) is 23.0. The summed E-state index contributed by atoms with van der Waals surface area (Å²) >= 11 is 0. The predicted molar refractivity (Wildman–Crippen MR) is 127 cm³/mol. The second-order valence-corrected chi connectivity index (χ2v) is 8.16. The van der Waals surface area contributed by atoms with Crippen LogP contribution in [-0.2, 0) is 17.6 Å². The maximum Gasteiger partial charge on any atom is 0.114 e. The molecule has 0 bridgehead atoms. The second-order valence-electron chi connectivity index (χ2n) is 8.16. The van der Waals surface area contributed by atoms with Gasteiger partial charge in [0.1, 0.15) is 12.6 Å². The molecule has 1 aromatic heterocycles. The van der Waals surface area contributed by atoms with Gasteiger partial charge in [0.15, 0.2) is 0 Å². The molecule has 2 aromatic carbocycles. The predicted octanol–water partition coefficient (Wildman–Crippen LogP) is 3.72. The van der Waals surface area contributed by atoms with Gasteiger partial charge in [-0.2, -0.15) is 0 Å². The number of anilines is 1.